The van der Waals surface area contributed by atoms with Crippen molar-refractivity contribution in [2.45, 2.75) is 27.1 Å². The molecule has 42 valence electrons. The van der Waals surface area contributed by atoms with E-state index in [1.54, 1.807) is 13.8 Å². The number of hydrogen-bond acceptors (Lipinski definition) is 1. The minimum atomic E-state index is -1.66. The lowest BCUT2D eigenvalue weighted by atomic mass is 10.1. The highest BCUT2D eigenvalue weighted by Crippen LogP contribution is 1.95. The summed E-state index contributed by atoms with van der Waals surface area (Å²) < 4.78 is 14.0. The van der Waals surface area contributed by atoms with Gasteiger partial charge in [-0.1, -0.05) is 20.8 Å². The molecule has 0 aliphatic rings. The molecule has 1 nitrogen and oxygen atoms in total. The maximum atomic E-state index is 10.8. The Balaban J connectivity index is 4.06. The van der Waals surface area contributed by atoms with E-state index in [4.69, 9.17) is 2.74 Å². The summed E-state index contributed by atoms with van der Waals surface area (Å²) in [5.41, 5.74) is 0. The van der Waals surface area contributed by atoms with Crippen LogP contribution in [0.5, 0.6) is 0 Å². The van der Waals surface area contributed by atoms with Gasteiger partial charge in [0.25, 0.3) is 0 Å². The Bertz CT molecular complexity index is 113. The van der Waals surface area contributed by atoms with Crippen molar-refractivity contribution in [1.82, 2.24) is 0 Å². The summed E-state index contributed by atoms with van der Waals surface area (Å²) in [4.78, 5) is 10.8. The lowest BCUT2D eigenvalue weighted by Gasteiger charge is -1.96. The van der Waals surface area contributed by atoms with Crippen LogP contribution in [-0.2, 0) is 4.79 Å². The molecule has 0 rings (SSSR count). The van der Waals surface area contributed by atoms with Crippen molar-refractivity contribution in [2.75, 3.05) is 0 Å². The molecule has 0 fully saturated rings. The van der Waals surface area contributed by atoms with Crippen molar-refractivity contribution >= 4 is 5.78 Å². The fourth-order valence-electron chi connectivity index (χ4n) is 0.289. The second kappa shape index (κ2) is 2.78. The van der Waals surface area contributed by atoms with Crippen molar-refractivity contribution in [1.29, 1.82) is 0 Å². The van der Waals surface area contributed by atoms with Gasteiger partial charge in [0.2, 0.25) is 0 Å². The van der Waals surface area contributed by atoms with Crippen LogP contribution in [0.3, 0.4) is 0 Å². The van der Waals surface area contributed by atoms with Gasteiger partial charge in [0.15, 0.2) is 0 Å². The van der Waals surface area contributed by atoms with E-state index in [2.05, 4.69) is 0 Å². The molecule has 0 aliphatic carbocycles. The predicted octanol–water partition coefficient (Wildman–Crippen LogP) is 1.62. The van der Waals surface area contributed by atoms with E-state index in [9.17, 15) is 4.79 Å². The van der Waals surface area contributed by atoms with Crippen molar-refractivity contribution in [3.63, 3.8) is 0 Å². The number of ketones is 1. The Labute approximate surface area is 47.5 Å². The number of Topliss-reactive ketones (excluding diaryl/α,β-unsaturated/α-hetero) is 1. The van der Waals surface area contributed by atoms with Gasteiger partial charge in [0.1, 0.15) is 5.78 Å². The molecule has 0 N–H and O–H groups in total. The van der Waals surface area contributed by atoms with Crippen LogP contribution >= 0.6 is 0 Å². The fourth-order valence-corrected chi connectivity index (χ4v) is 0.289. The van der Waals surface area contributed by atoms with Gasteiger partial charge in [-0.2, -0.15) is 0 Å². The summed E-state index contributed by atoms with van der Waals surface area (Å²) >= 11 is 0. The van der Waals surface area contributed by atoms with E-state index in [1.165, 1.54) is 6.92 Å². The molecule has 0 saturated carbocycles. The Kier molecular flexibility index (Phi) is 1.45. The van der Waals surface area contributed by atoms with E-state index in [-0.39, 0.29) is 11.7 Å². The molecule has 0 bridgehead atoms. The van der Waals surface area contributed by atoms with E-state index >= 15 is 0 Å². The molecule has 0 heterocycles. The molecule has 0 radical (unpaired) electrons. The number of carbonyl (C=O) groups excluding carboxylic acids is 1. The van der Waals surface area contributed by atoms with E-state index in [1.807, 2.05) is 0 Å². The van der Waals surface area contributed by atoms with Crippen LogP contribution in [0.1, 0.15) is 29.9 Å². The first-order valence-electron chi connectivity index (χ1n) is 3.40. The molecule has 0 aromatic rings. The molecular formula is C6H12O. The summed E-state index contributed by atoms with van der Waals surface area (Å²) in [7, 11) is 0. The fraction of sp³-hybridized carbons (Fsp3) is 0.833. The van der Waals surface area contributed by atoms with Crippen LogP contribution in [0.4, 0.5) is 0 Å². The van der Waals surface area contributed by atoms with Gasteiger partial charge in [0, 0.05) is 15.0 Å². The minimum absolute atomic E-state index is 0.204. The summed E-state index contributed by atoms with van der Waals surface area (Å²) in [6.45, 7) is 4.68. The first-order valence-corrected chi connectivity index (χ1v) is 2.40. The first kappa shape index (κ1) is 3.65. The first-order chi connectivity index (χ1) is 3.85. The third kappa shape index (κ3) is 2.38. The number of hydrogen-bond donors (Lipinski definition) is 0. The van der Waals surface area contributed by atoms with Crippen LogP contribution < -0.4 is 0 Å². The molecule has 7 heavy (non-hydrogen) atoms. The summed E-state index contributed by atoms with van der Waals surface area (Å²) in [5, 5.41) is 0. The molecule has 0 aromatic carbocycles. The molecule has 0 atom stereocenters. The quantitative estimate of drug-likeness (QED) is 0.517. The highest BCUT2D eigenvalue weighted by Gasteiger charge is 2.00. The Hall–Kier alpha value is -0.330. The van der Waals surface area contributed by atoms with Gasteiger partial charge in [-0.25, -0.2) is 0 Å². The van der Waals surface area contributed by atoms with Gasteiger partial charge in [0.05, 0.1) is 0 Å². The topological polar surface area (TPSA) is 17.1 Å². The molecule has 0 aliphatic heterocycles. The van der Waals surface area contributed by atoms with Gasteiger partial charge in [-0.05, 0) is 0 Å². The molecular weight excluding hydrogens is 88.1 g/mol. The lowest BCUT2D eigenvalue weighted by molar-refractivity contribution is -0.121. The zero-order valence-corrected chi connectivity index (χ0v) is 4.99. The van der Waals surface area contributed by atoms with E-state index in [0.717, 1.165) is 0 Å². The highest BCUT2D eigenvalue weighted by molar-refractivity contribution is 5.79. The summed E-state index contributed by atoms with van der Waals surface area (Å²) in [6.07, 6.45) is -1.66. The molecule has 0 saturated heterocycles. The smallest absolute Gasteiger partial charge is 0.135 e. The molecule has 0 aromatic heterocycles. The molecule has 1 heteroatoms. The van der Waals surface area contributed by atoms with Crippen molar-refractivity contribution in [3.8, 4) is 0 Å². The minimum Gasteiger partial charge on any atom is -0.299 e. The number of rotatable bonds is 2. The van der Waals surface area contributed by atoms with Crippen LogP contribution in [-0.4, -0.2) is 5.78 Å². The average Bonchev–Trinajstić information content (AvgIpc) is 1.62. The normalized spacial score (nSPS) is 16.0. The van der Waals surface area contributed by atoms with Crippen molar-refractivity contribution in [3.05, 3.63) is 0 Å². The van der Waals surface area contributed by atoms with Crippen molar-refractivity contribution in [2.24, 2.45) is 5.92 Å². The summed E-state index contributed by atoms with van der Waals surface area (Å²) in [6, 6.07) is 0. The predicted molar refractivity (Wildman–Crippen MR) is 30.1 cm³/mol. The van der Waals surface area contributed by atoms with E-state index < -0.39 is 6.37 Å². The monoisotopic (exact) mass is 102 g/mol. The van der Waals surface area contributed by atoms with Crippen molar-refractivity contribution < 1.29 is 7.54 Å². The third-order valence-electron chi connectivity index (χ3n) is 0.771. The molecule has 0 amide bonds. The van der Waals surface area contributed by atoms with Crippen LogP contribution in [0, 0.1) is 5.92 Å². The molecule has 0 spiro atoms. The van der Waals surface area contributed by atoms with Crippen LogP contribution in [0.2, 0.25) is 0 Å². The van der Waals surface area contributed by atoms with Crippen LogP contribution in [0.15, 0.2) is 0 Å². The van der Waals surface area contributed by atoms with E-state index in [0.29, 0.717) is 0 Å². The van der Waals surface area contributed by atoms with Gasteiger partial charge in [-0.3, -0.25) is 4.79 Å². The number of carbonyl (C=O) groups is 1. The van der Waals surface area contributed by atoms with Crippen LogP contribution in [0.25, 0.3) is 0 Å². The van der Waals surface area contributed by atoms with Gasteiger partial charge < -0.3 is 0 Å². The van der Waals surface area contributed by atoms with Gasteiger partial charge >= 0.3 is 0 Å². The Morgan fingerprint density at radius 2 is 2.29 bits per heavy atom. The maximum Gasteiger partial charge on any atom is 0.135 e. The maximum absolute atomic E-state index is 10.8. The zero-order chi connectivity index (χ0) is 7.65. The SMILES string of the molecule is [2H]C([2H])(C)C(=O)C(C)C. The van der Waals surface area contributed by atoms with Gasteiger partial charge in [-0.15, -0.1) is 0 Å². The highest BCUT2D eigenvalue weighted by atomic mass is 16.1. The standard InChI is InChI=1S/C6H12O/c1-4-6(7)5(2)3/h5H,4H2,1-3H3/i4D2. The Morgan fingerprint density at radius 1 is 1.86 bits per heavy atom. The average molecular weight is 102 g/mol. The largest absolute Gasteiger partial charge is 0.299 e. The molecule has 0 unspecified atom stereocenters. The second-order valence-corrected chi connectivity index (χ2v) is 1.77. The second-order valence-electron chi connectivity index (χ2n) is 1.77. The zero-order valence-electron chi connectivity index (χ0n) is 6.99. The lowest BCUT2D eigenvalue weighted by Crippen LogP contribution is -2.03. The summed E-state index contributed by atoms with van der Waals surface area (Å²) in [5.74, 6) is -0.535. The Morgan fingerprint density at radius 3 is 2.29 bits per heavy atom. The third-order valence-corrected chi connectivity index (χ3v) is 0.771.